The Hall–Kier alpha value is -1.97. The van der Waals surface area contributed by atoms with E-state index in [4.69, 9.17) is 18.9 Å². The predicted molar refractivity (Wildman–Crippen MR) is 110 cm³/mol. The zero-order chi connectivity index (χ0) is 23.0. The Morgan fingerprint density at radius 1 is 1.28 bits per heavy atom. The van der Waals surface area contributed by atoms with E-state index in [0.29, 0.717) is 13.0 Å². The third kappa shape index (κ3) is 4.43. The Bertz CT molecular complexity index is 1030. The lowest BCUT2D eigenvalue weighted by Gasteiger charge is -2.50. The minimum Gasteiger partial charge on any atom is -0.376 e. The van der Waals surface area contributed by atoms with Crippen molar-refractivity contribution in [1.82, 2.24) is 15.0 Å². The van der Waals surface area contributed by atoms with Gasteiger partial charge < -0.3 is 18.9 Å². The van der Waals surface area contributed by atoms with Crippen LogP contribution in [0.25, 0.3) is 11.3 Å². The number of aromatic nitrogens is 3. The van der Waals surface area contributed by atoms with Gasteiger partial charge in [0.15, 0.2) is 23.2 Å². The minimum atomic E-state index is -1.54. The number of fused-ring (bicyclic) bond motifs is 1. The summed E-state index contributed by atoms with van der Waals surface area (Å²) in [5, 5.41) is 8.22. The first-order chi connectivity index (χ1) is 15.2. The van der Waals surface area contributed by atoms with Gasteiger partial charge in [-0.3, -0.25) is 0 Å². The molecule has 0 saturated carbocycles. The molecule has 0 amide bonds. The molecule has 11 heteroatoms. The van der Waals surface area contributed by atoms with E-state index in [1.807, 2.05) is 0 Å². The third-order valence-electron chi connectivity index (χ3n) is 5.51. The summed E-state index contributed by atoms with van der Waals surface area (Å²) in [6, 6.07) is 1.24. The van der Waals surface area contributed by atoms with Crippen molar-refractivity contribution in [3.8, 4) is 22.0 Å². The van der Waals surface area contributed by atoms with Crippen molar-refractivity contribution in [1.29, 1.82) is 0 Å². The lowest BCUT2D eigenvalue weighted by molar-refractivity contribution is -0.349. The number of ether oxygens (including phenoxy) is 4. The monoisotopic (exact) mass is 515 g/mol. The SMILES string of the molecule is CO[C@@H]1C(n2cc(-c3cc(F)c(F)c(F)c3)nn2)[C@H]2OC(C)(C)OC[C@H]2O[C@@H]1CC#CBr. The summed E-state index contributed by atoms with van der Waals surface area (Å²) in [5.74, 6) is -2.09. The maximum atomic E-state index is 13.7. The average Bonchev–Trinajstić information content (AvgIpc) is 3.24. The number of benzene rings is 1. The lowest BCUT2D eigenvalue weighted by atomic mass is 9.90. The van der Waals surface area contributed by atoms with Crippen molar-refractivity contribution in [2.45, 2.75) is 56.5 Å². The zero-order valence-corrected chi connectivity index (χ0v) is 19.1. The van der Waals surface area contributed by atoms with Crippen LogP contribution in [-0.4, -0.2) is 58.9 Å². The van der Waals surface area contributed by atoms with E-state index in [0.717, 1.165) is 12.1 Å². The second-order valence-electron chi connectivity index (χ2n) is 8.01. The summed E-state index contributed by atoms with van der Waals surface area (Å²) < 4.78 is 66.2. The van der Waals surface area contributed by atoms with Gasteiger partial charge in [0.1, 0.15) is 30.0 Å². The van der Waals surface area contributed by atoms with Gasteiger partial charge in [0, 0.05) is 35.0 Å². The Morgan fingerprint density at radius 2 is 2.00 bits per heavy atom. The number of halogens is 4. The Morgan fingerprint density at radius 3 is 2.66 bits per heavy atom. The van der Waals surface area contributed by atoms with Crippen LogP contribution in [0.3, 0.4) is 0 Å². The molecule has 2 aliphatic heterocycles. The standard InChI is InChI=1S/C21H21BrF3N3O4/c1-21(2)30-10-16-20(32-21)18(19(29-3)15(31-16)5-4-6-22)28-9-14(26-27-28)11-7-12(23)17(25)13(24)8-11/h7-9,15-16,18-20H,5,10H2,1-3H3/t15-,16-,18?,19+,20+/m1/s1. The number of hydrogen-bond donors (Lipinski definition) is 0. The van der Waals surface area contributed by atoms with Gasteiger partial charge in [-0.2, -0.15) is 0 Å². The van der Waals surface area contributed by atoms with Gasteiger partial charge in [-0.1, -0.05) is 11.1 Å². The van der Waals surface area contributed by atoms with Gasteiger partial charge in [-0.15, -0.1) is 5.10 Å². The van der Waals surface area contributed by atoms with Crippen molar-refractivity contribution < 1.29 is 32.1 Å². The van der Waals surface area contributed by atoms with Crippen LogP contribution >= 0.6 is 15.9 Å². The topological polar surface area (TPSA) is 67.6 Å². The Balaban J connectivity index is 1.73. The van der Waals surface area contributed by atoms with E-state index < -0.39 is 53.7 Å². The van der Waals surface area contributed by atoms with Gasteiger partial charge >= 0.3 is 0 Å². The normalized spacial score (nSPS) is 29.2. The smallest absolute Gasteiger partial charge is 0.194 e. The molecule has 1 aromatic heterocycles. The van der Waals surface area contributed by atoms with E-state index in [2.05, 4.69) is 37.0 Å². The first-order valence-corrected chi connectivity index (χ1v) is 10.7. The number of nitrogens with zero attached hydrogens (tertiary/aromatic N) is 3. The van der Waals surface area contributed by atoms with Crippen LogP contribution in [0.2, 0.25) is 0 Å². The predicted octanol–water partition coefficient (Wildman–Crippen LogP) is 3.58. The van der Waals surface area contributed by atoms with Gasteiger partial charge in [-0.25, -0.2) is 17.9 Å². The van der Waals surface area contributed by atoms with E-state index in [1.54, 1.807) is 21.0 Å². The summed E-state index contributed by atoms with van der Waals surface area (Å²) >= 11 is 3.09. The summed E-state index contributed by atoms with van der Waals surface area (Å²) in [6.07, 6.45) is 0.0309. The van der Waals surface area contributed by atoms with Crippen LogP contribution < -0.4 is 0 Å². The van der Waals surface area contributed by atoms with Gasteiger partial charge in [-0.05, 0) is 30.8 Å². The molecular formula is C21H21BrF3N3O4. The average molecular weight is 516 g/mol. The van der Waals surface area contributed by atoms with Crippen molar-refractivity contribution >= 4 is 15.9 Å². The fourth-order valence-electron chi connectivity index (χ4n) is 4.08. The second-order valence-corrected chi connectivity index (χ2v) is 8.41. The highest BCUT2D eigenvalue weighted by atomic mass is 79.9. The van der Waals surface area contributed by atoms with Gasteiger partial charge in [0.2, 0.25) is 0 Å². The van der Waals surface area contributed by atoms with Crippen LogP contribution in [-0.2, 0) is 18.9 Å². The Labute approximate surface area is 191 Å². The molecule has 0 spiro atoms. The molecule has 4 rings (SSSR count). The van der Waals surface area contributed by atoms with Gasteiger partial charge in [0.05, 0.1) is 18.9 Å². The first-order valence-electron chi connectivity index (χ1n) is 9.89. The molecule has 1 unspecified atom stereocenters. The molecule has 2 fully saturated rings. The fraction of sp³-hybridized carbons (Fsp3) is 0.524. The maximum Gasteiger partial charge on any atom is 0.194 e. The van der Waals surface area contributed by atoms with E-state index in [-0.39, 0.29) is 11.3 Å². The molecule has 5 atom stereocenters. The molecule has 172 valence electrons. The first kappa shape index (κ1) is 23.2. The molecule has 2 saturated heterocycles. The molecule has 0 aliphatic carbocycles. The van der Waals surface area contributed by atoms with Crippen LogP contribution in [0.15, 0.2) is 18.3 Å². The van der Waals surface area contributed by atoms with E-state index in [1.165, 1.54) is 10.9 Å². The number of rotatable bonds is 4. The second kappa shape index (κ2) is 9.11. The largest absolute Gasteiger partial charge is 0.376 e. The van der Waals surface area contributed by atoms with Crippen molar-refractivity contribution in [2.24, 2.45) is 0 Å². The molecule has 2 aliphatic rings. The van der Waals surface area contributed by atoms with E-state index >= 15 is 0 Å². The molecule has 2 aromatic rings. The molecule has 1 aromatic carbocycles. The highest BCUT2D eigenvalue weighted by molar-refractivity contribution is 9.12. The van der Waals surface area contributed by atoms with Crippen molar-refractivity contribution in [2.75, 3.05) is 13.7 Å². The molecule has 7 nitrogen and oxygen atoms in total. The van der Waals surface area contributed by atoms with Gasteiger partial charge in [0.25, 0.3) is 0 Å². The van der Waals surface area contributed by atoms with E-state index in [9.17, 15) is 13.2 Å². The summed E-state index contributed by atoms with van der Waals surface area (Å²) in [4.78, 5) is 2.67. The summed E-state index contributed by atoms with van der Waals surface area (Å²) in [5.41, 5.74) is 0.226. The minimum absolute atomic E-state index is 0.0557. The molecule has 0 radical (unpaired) electrons. The maximum absolute atomic E-state index is 13.7. The fourth-order valence-corrected chi connectivity index (χ4v) is 4.25. The Kier molecular flexibility index (Phi) is 6.61. The molecule has 3 heterocycles. The highest BCUT2D eigenvalue weighted by Crippen LogP contribution is 2.40. The molecule has 0 N–H and O–H groups in total. The highest BCUT2D eigenvalue weighted by Gasteiger charge is 2.52. The number of methoxy groups -OCH3 is 1. The zero-order valence-electron chi connectivity index (χ0n) is 17.5. The number of hydrogen-bond acceptors (Lipinski definition) is 6. The third-order valence-corrected chi connectivity index (χ3v) is 5.79. The van der Waals surface area contributed by atoms with Crippen LogP contribution in [0.4, 0.5) is 13.2 Å². The quantitative estimate of drug-likeness (QED) is 0.458. The molecule has 0 bridgehead atoms. The lowest BCUT2D eigenvalue weighted by Crippen LogP contribution is -2.62. The molecule has 32 heavy (non-hydrogen) atoms. The van der Waals surface area contributed by atoms with Crippen LogP contribution in [0.5, 0.6) is 0 Å². The summed E-state index contributed by atoms with van der Waals surface area (Å²) in [7, 11) is 1.54. The summed E-state index contributed by atoms with van der Waals surface area (Å²) in [6.45, 7) is 3.88. The molecular weight excluding hydrogens is 495 g/mol. The van der Waals surface area contributed by atoms with Crippen molar-refractivity contribution in [3.63, 3.8) is 0 Å². The van der Waals surface area contributed by atoms with Crippen LogP contribution in [0, 0.1) is 28.2 Å². The van der Waals surface area contributed by atoms with Crippen LogP contribution in [0.1, 0.15) is 26.3 Å². The van der Waals surface area contributed by atoms with Crippen molar-refractivity contribution in [3.05, 3.63) is 35.8 Å².